The molecule has 26 heavy (non-hydrogen) atoms. The molecule has 0 aromatic heterocycles. The van der Waals surface area contributed by atoms with Crippen molar-refractivity contribution in [3.63, 3.8) is 0 Å². The maximum Gasteiger partial charge on any atom is 0.673 e. The minimum atomic E-state index is -6.00. The molecular formula is C18H18BClF4S2. The molecule has 8 heteroatoms. The lowest BCUT2D eigenvalue weighted by Crippen LogP contribution is -2.07. The van der Waals surface area contributed by atoms with Gasteiger partial charge in [0.05, 0.1) is 20.7 Å². The van der Waals surface area contributed by atoms with Crippen LogP contribution < -0.4 is 0 Å². The molecule has 0 unspecified atom stereocenters. The number of alkyl halides is 1. The monoisotopic (exact) mass is 420 g/mol. The fourth-order valence-electron chi connectivity index (χ4n) is 2.34. The van der Waals surface area contributed by atoms with Gasteiger partial charge in [-0.1, -0.05) is 36.0 Å². The van der Waals surface area contributed by atoms with E-state index in [0.29, 0.717) is 0 Å². The van der Waals surface area contributed by atoms with Gasteiger partial charge in [0, 0.05) is 5.88 Å². The van der Waals surface area contributed by atoms with Gasteiger partial charge in [-0.05, 0) is 49.6 Å². The maximum absolute atomic E-state index is 9.75. The summed E-state index contributed by atoms with van der Waals surface area (Å²) in [6.45, 7) is 0. The van der Waals surface area contributed by atoms with Gasteiger partial charge >= 0.3 is 7.25 Å². The number of allylic oxidation sites excluding steroid dienone is 1. The van der Waals surface area contributed by atoms with Crippen LogP contribution >= 0.6 is 23.4 Å². The van der Waals surface area contributed by atoms with E-state index in [1.165, 1.54) is 26.0 Å². The molecule has 1 aliphatic rings. The molecule has 0 N–H and O–H groups in total. The van der Waals surface area contributed by atoms with Gasteiger partial charge in [0.2, 0.25) is 0 Å². The van der Waals surface area contributed by atoms with Crippen LogP contribution in [0.25, 0.3) is 0 Å². The quantitative estimate of drug-likeness (QED) is 0.159. The van der Waals surface area contributed by atoms with Gasteiger partial charge in [-0.15, -0.1) is 11.6 Å². The zero-order chi connectivity index (χ0) is 19.0. The third kappa shape index (κ3) is 6.93. The van der Waals surface area contributed by atoms with Crippen molar-refractivity contribution in [1.82, 2.24) is 0 Å². The predicted molar refractivity (Wildman–Crippen MR) is 105 cm³/mol. The van der Waals surface area contributed by atoms with Crippen molar-refractivity contribution in [3.8, 4) is 0 Å². The second-order valence-electron chi connectivity index (χ2n) is 5.38. The van der Waals surface area contributed by atoms with Gasteiger partial charge in [0.15, 0.2) is 9.79 Å². The summed E-state index contributed by atoms with van der Waals surface area (Å²) in [4.78, 5) is 5.69. The molecule has 0 radical (unpaired) electrons. The van der Waals surface area contributed by atoms with E-state index in [2.05, 4.69) is 60.0 Å². The maximum atomic E-state index is 9.75. The molecule has 3 rings (SSSR count). The molecule has 0 bridgehead atoms. The minimum absolute atomic E-state index is 0.0657. The summed E-state index contributed by atoms with van der Waals surface area (Å²) in [5.74, 6) is 0.766. The van der Waals surface area contributed by atoms with Crippen LogP contribution in [-0.4, -0.2) is 13.1 Å². The lowest BCUT2D eigenvalue weighted by Gasteiger charge is -2.16. The van der Waals surface area contributed by atoms with E-state index in [1.54, 1.807) is 0 Å². The van der Waals surface area contributed by atoms with E-state index in [0.717, 1.165) is 18.7 Å². The molecule has 0 spiro atoms. The van der Waals surface area contributed by atoms with Crippen LogP contribution in [-0.2, 0) is 10.9 Å². The normalized spacial score (nSPS) is 13.7. The van der Waals surface area contributed by atoms with Gasteiger partial charge in [-0.25, -0.2) is 0 Å². The first-order valence-electron chi connectivity index (χ1n) is 8.09. The summed E-state index contributed by atoms with van der Waals surface area (Å²) >= 11 is 7.63. The summed E-state index contributed by atoms with van der Waals surface area (Å²) in [6, 6.07) is 17.6. The topological polar surface area (TPSA) is 0 Å². The SMILES string of the molecule is ClCCCCC=C[S+]1c2ccccc2Sc2ccccc21.F[B-](F)(F)F. The van der Waals surface area contributed by atoms with Gasteiger partial charge in [0.25, 0.3) is 0 Å². The molecule has 2 aromatic carbocycles. The molecule has 0 saturated heterocycles. The second kappa shape index (κ2) is 10.3. The van der Waals surface area contributed by atoms with Gasteiger partial charge in [0.1, 0.15) is 5.41 Å². The van der Waals surface area contributed by atoms with Crippen LogP contribution in [0.3, 0.4) is 0 Å². The van der Waals surface area contributed by atoms with E-state index in [-0.39, 0.29) is 10.9 Å². The van der Waals surface area contributed by atoms with Crippen molar-refractivity contribution in [3.05, 3.63) is 60.0 Å². The predicted octanol–water partition coefficient (Wildman–Crippen LogP) is 7.41. The summed E-state index contributed by atoms with van der Waals surface area (Å²) in [6.07, 6.45) is 5.73. The molecule has 2 aromatic rings. The number of benzene rings is 2. The first-order valence-corrected chi connectivity index (χ1v) is 10.7. The molecule has 0 aliphatic carbocycles. The summed E-state index contributed by atoms with van der Waals surface area (Å²) in [7, 11) is -5.93. The average Bonchev–Trinajstić information content (AvgIpc) is 2.59. The zero-order valence-corrected chi connectivity index (χ0v) is 16.3. The Labute approximate surface area is 163 Å². The van der Waals surface area contributed by atoms with Crippen LogP contribution in [0.1, 0.15) is 19.3 Å². The van der Waals surface area contributed by atoms with Gasteiger partial charge < -0.3 is 17.3 Å². The lowest BCUT2D eigenvalue weighted by atomic mass is 10.2. The number of rotatable bonds is 5. The lowest BCUT2D eigenvalue weighted by molar-refractivity contribution is 0.368. The first-order chi connectivity index (χ1) is 12.4. The molecule has 0 fully saturated rings. The van der Waals surface area contributed by atoms with Crippen LogP contribution in [0.15, 0.2) is 79.6 Å². The molecule has 1 aliphatic heterocycles. The van der Waals surface area contributed by atoms with Crippen LogP contribution in [0.2, 0.25) is 0 Å². The van der Waals surface area contributed by atoms with Crippen molar-refractivity contribution < 1.29 is 17.3 Å². The Morgan fingerprint density at radius 1 is 0.885 bits per heavy atom. The van der Waals surface area contributed by atoms with Crippen LogP contribution in [0, 0.1) is 0 Å². The van der Waals surface area contributed by atoms with Crippen LogP contribution in [0.5, 0.6) is 0 Å². The highest BCUT2D eigenvalue weighted by atomic mass is 35.5. The molecular weight excluding hydrogens is 403 g/mol. The third-order valence-corrected chi connectivity index (χ3v) is 7.18. The number of halogens is 5. The highest BCUT2D eigenvalue weighted by molar-refractivity contribution is 8.05. The van der Waals surface area contributed by atoms with E-state index in [1.807, 2.05) is 11.8 Å². The van der Waals surface area contributed by atoms with Gasteiger partial charge in [-0.3, -0.25) is 0 Å². The van der Waals surface area contributed by atoms with Crippen molar-refractivity contribution >= 4 is 41.5 Å². The standard InChI is InChI=1S/C18H18ClS2.BF4/c19-13-7-1-2-8-14-21-17-11-5-3-9-15(17)20-16-10-4-6-12-18(16)21;2-1(3,4)5/h3-6,8-12,14H,1-2,7,13H2;/q+1;-1. The molecule has 140 valence electrons. The number of unbranched alkanes of at least 4 members (excludes halogenated alkanes) is 2. The first kappa shape index (κ1) is 21.3. The van der Waals surface area contributed by atoms with E-state index < -0.39 is 7.25 Å². The number of fused-ring (bicyclic) bond motifs is 2. The van der Waals surface area contributed by atoms with Crippen molar-refractivity contribution in [2.45, 2.75) is 38.8 Å². The van der Waals surface area contributed by atoms with E-state index in [4.69, 9.17) is 11.6 Å². The Balaban J connectivity index is 0.000000431. The largest absolute Gasteiger partial charge is 0.673 e. The Kier molecular flexibility index (Phi) is 8.45. The van der Waals surface area contributed by atoms with Crippen molar-refractivity contribution in [2.24, 2.45) is 0 Å². The molecule has 0 amide bonds. The fourth-order valence-corrected chi connectivity index (χ4v) is 6.06. The molecule has 1 heterocycles. The molecule has 0 nitrogen and oxygen atoms in total. The Bertz CT molecular complexity index is 686. The number of hydrogen-bond donors (Lipinski definition) is 0. The molecule has 0 atom stereocenters. The average molecular weight is 421 g/mol. The highest BCUT2D eigenvalue weighted by Crippen LogP contribution is 2.45. The summed E-state index contributed by atoms with van der Waals surface area (Å²) in [5.41, 5.74) is 0. The van der Waals surface area contributed by atoms with Crippen LogP contribution in [0.4, 0.5) is 17.3 Å². The van der Waals surface area contributed by atoms with Crippen molar-refractivity contribution in [1.29, 1.82) is 0 Å². The summed E-state index contributed by atoms with van der Waals surface area (Å²) < 4.78 is 39.0. The summed E-state index contributed by atoms with van der Waals surface area (Å²) in [5, 5.41) is 2.39. The Morgan fingerprint density at radius 2 is 1.38 bits per heavy atom. The Hall–Kier alpha value is -1.05. The van der Waals surface area contributed by atoms with E-state index in [9.17, 15) is 17.3 Å². The highest BCUT2D eigenvalue weighted by Gasteiger charge is 2.33. The fraction of sp³-hybridized carbons (Fsp3) is 0.222. The van der Waals surface area contributed by atoms with Crippen molar-refractivity contribution in [2.75, 3.05) is 5.88 Å². The Morgan fingerprint density at radius 3 is 1.88 bits per heavy atom. The van der Waals surface area contributed by atoms with Gasteiger partial charge in [-0.2, -0.15) is 0 Å². The molecule has 0 saturated carbocycles. The smallest absolute Gasteiger partial charge is 0.418 e. The zero-order valence-electron chi connectivity index (χ0n) is 13.9. The number of hydrogen-bond acceptors (Lipinski definition) is 1. The third-order valence-electron chi connectivity index (χ3n) is 3.38. The second-order valence-corrected chi connectivity index (χ2v) is 8.67. The minimum Gasteiger partial charge on any atom is -0.418 e. The van der Waals surface area contributed by atoms with E-state index >= 15 is 0 Å².